The minimum Gasteiger partial charge on any atom is -0.436 e. The number of benzene rings is 1. The number of nitrogens with one attached hydrogen (secondary N) is 1. The van der Waals surface area contributed by atoms with Gasteiger partial charge < -0.3 is 10.1 Å². The molecule has 1 aromatic heterocycles. The van der Waals surface area contributed by atoms with Crippen LogP contribution in [-0.2, 0) is 0 Å². The molecule has 0 saturated carbocycles. The predicted molar refractivity (Wildman–Crippen MR) is 64.8 cm³/mol. The van der Waals surface area contributed by atoms with Crippen molar-refractivity contribution in [2.45, 2.75) is 6.92 Å². The van der Waals surface area contributed by atoms with Gasteiger partial charge in [-0.3, -0.25) is 0 Å². The fraction of sp³-hybridized carbons (Fsp3) is 0.154. The Balaban J connectivity index is 2.30. The molecule has 2 rings (SSSR count). The lowest BCUT2D eigenvalue weighted by atomic mass is 10.3. The first-order valence-electron chi connectivity index (χ1n) is 5.53. The summed E-state index contributed by atoms with van der Waals surface area (Å²) in [5, 5.41) is 2.70. The summed E-state index contributed by atoms with van der Waals surface area (Å²) in [7, 11) is 0. The van der Waals surface area contributed by atoms with Crippen LogP contribution < -0.4 is 10.1 Å². The summed E-state index contributed by atoms with van der Waals surface area (Å²) < 4.78 is 32.1. The first-order chi connectivity index (χ1) is 8.70. The quantitative estimate of drug-likeness (QED) is 0.900. The van der Waals surface area contributed by atoms with Crippen LogP contribution >= 0.6 is 0 Å². The van der Waals surface area contributed by atoms with Gasteiger partial charge in [0.25, 0.3) is 5.88 Å². The highest BCUT2D eigenvalue weighted by Gasteiger charge is 2.13. The molecule has 0 atom stereocenters. The lowest BCUT2D eigenvalue weighted by molar-refractivity contribution is 0.418. The van der Waals surface area contributed by atoms with Crippen molar-refractivity contribution in [3.8, 4) is 11.6 Å². The van der Waals surface area contributed by atoms with E-state index in [2.05, 4.69) is 10.3 Å². The number of hydrogen-bond acceptors (Lipinski definition) is 3. The molecule has 0 aliphatic heterocycles. The van der Waals surface area contributed by atoms with Gasteiger partial charge >= 0.3 is 0 Å². The van der Waals surface area contributed by atoms with Gasteiger partial charge in [0.15, 0.2) is 17.5 Å². The highest BCUT2D eigenvalue weighted by molar-refractivity contribution is 5.40. The van der Waals surface area contributed by atoms with Gasteiger partial charge in [-0.2, -0.15) is 4.98 Å². The maximum Gasteiger partial charge on any atom is 0.258 e. The summed E-state index contributed by atoms with van der Waals surface area (Å²) in [6, 6.07) is 9.40. The number of aromatic nitrogens is 1. The van der Waals surface area contributed by atoms with Gasteiger partial charge in [-0.1, -0.05) is 18.2 Å². The molecule has 5 heteroatoms. The van der Waals surface area contributed by atoms with Gasteiger partial charge in [-0.15, -0.1) is 0 Å². The molecular weight excluding hydrogens is 238 g/mol. The van der Waals surface area contributed by atoms with Gasteiger partial charge in [0.1, 0.15) is 5.75 Å². The molecule has 0 radical (unpaired) electrons. The minimum absolute atomic E-state index is 0.0233. The largest absolute Gasteiger partial charge is 0.436 e. The maximum absolute atomic E-state index is 13.5. The van der Waals surface area contributed by atoms with E-state index in [9.17, 15) is 8.78 Å². The smallest absolute Gasteiger partial charge is 0.258 e. The highest BCUT2D eigenvalue weighted by atomic mass is 19.1. The maximum atomic E-state index is 13.5. The van der Waals surface area contributed by atoms with E-state index < -0.39 is 11.6 Å². The van der Waals surface area contributed by atoms with Crippen molar-refractivity contribution >= 4 is 5.82 Å². The van der Waals surface area contributed by atoms with Crippen LogP contribution in [0.1, 0.15) is 6.92 Å². The molecule has 18 heavy (non-hydrogen) atoms. The molecule has 0 saturated heterocycles. The number of rotatable bonds is 4. The second-order valence-electron chi connectivity index (χ2n) is 3.55. The molecule has 0 aliphatic rings. The lowest BCUT2D eigenvalue weighted by Crippen LogP contribution is -2.04. The van der Waals surface area contributed by atoms with Crippen molar-refractivity contribution in [2.24, 2.45) is 0 Å². The summed E-state index contributed by atoms with van der Waals surface area (Å²) in [5.41, 5.74) is 0. The Hall–Kier alpha value is -2.17. The van der Waals surface area contributed by atoms with E-state index in [0.29, 0.717) is 12.3 Å². The van der Waals surface area contributed by atoms with E-state index in [-0.39, 0.29) is 11.7 Å². The van der Waals surface area contributed by atoms with Gasteiger partial charge in [-0.25, -0.2) is 8.78 Å². The van der Waals surface area contributed by atoms with Crippen LogP contribution in [0.15, 0.2) is 36.4 Å². The number of halogens is 2. The Kier molecular flexibility index (Phi) is 3.72. The van der Waals surface area contributed by atoms with Gasteiger partial charge in [0.2, 0.25) is 0 Å². The monoisotopic (exact) mass is 250 g/mol. The van der Waals surface area contributed by atoms with Crippen molar-refractivity contribution in [3.05, 3.63) is 48.0 Å². The third-order valence-electron chi connectivity index (χ3n) is 2.20. The van der Waals surface area contributed by atoms with E-state index in [1.54, 1.807) is 31.2 Å². The van der Waals surface area contributed by atoms with E-state index >= 15 is 0 Å². The number of hydrogen-bond donors (Lipinski definition) is 1. The molecule has 1 N–H and O–H groups in total. The van der Waals surface area contributed by atoms with Crippen LogP contribution in [-0.4, -0.2) is 11.5 Å². The van der Waals surface area contributed by atoms with E-state index in [1.165, 1.54) is 0 Å². The van der Waals surface area contributed by atoms with Crippen LogP contribution in [0.4, 0.5) is 14.6 Å². The summed E-state index contributed by atoms with van der Waals surface area (Å²) in [6.07, 6.45) is 0. The fourth-order valence-corrected chi connectivity index (χ4v) is 1.41. The lowest BCUT2D eigenvalue weighted by Gasteiger charge is -2.09. The standard InChI is InChI=1S/C13H12F2N2O/c1-2-16-12-10(14)8-11(15)13(17-12)18-9-6-4-3-5-7-9/h3-8H,2H2,1H3,(H,16,17). The molecule has 3 nitrogen and oxygen atoms in total. The third-order valence-corrected chi connectivity index (χ3v) is 2.20. The van der Waals surface area contributed by atoms with Crippen molar-refractivity contribution in [1.29, 1.82) is 0 Å². The van der Waals surface area contributed by atoms with Crippen LogP contribution in [0.2, 0.25) is 0 Å². The first-order valence-corrected chi connectivity index (χ1v) is 5.53. The van der Waals surface area contributed by atoms with Crippen molar-refractivity contribution in [1.82, 2.24) is 4.98 Å². The molecule has 0 aliphatic carbocycles. The van der Waals surface area contributed by atoms with Gasteiger partial charge in [0.05, 0.1) is 0 Å². The Bertz CT molecular complexity index is 532. The van der Waals surface area contributed by atoms with E-state index in [1.807, 2.05) is 6.07 Å². The second-order valence-corrected chi connectivity index (χ2v) is 3.55. The number of nitrogens with zero attached hydrogens (tertiary/aromatic N) is 1. The van der Waals surface area contributed by atoms with Gasteiger partial charge in [-0.05, 0) is 19.1 Å². The Labute approximate surface area is 103 Å². The number of anilines is 1. The molecule has 0 unspecified atom stereocenters. The summed E-state index contributed by atoms with van der Waals surface area (Å²) in [4.78, 5) is 3.77. The predicted octanol–water partition coefficient (Wildman–Crippen LogP) is 3.58. The molecule has 0 spiro atoms. The van der Waals surface area contributed by atoms with Gasteiger partial charge in [0, 0.05) is 12.6 Å². The Morgan fingerprint density at radius 2 is 1.89 bits per heavy atom. The average Bonchev–Trinajstić information content (AvgIpc) is 2.37. The molecule has 1 aromatic carbocycles. The SMILES string of the molecule is CCNc1nc(Oc2ccccc2)c(F)cc1F. The van der Waals surface area contributed by atoms with Crippen LogP contribution in [0, 0.1) is 11.6 Å². The number of pyridine rings is 1. The average molecular weight is 250 g/mol. The van der Waals surface area contributed by atoms with Crippen LogP contribution in [0.3, 0.4) is 0 Å². The van der Waals surface area contributed by atoms with E-state index in [4.69, 9.17) is 4.74 Å². The minimum atomic E-state index is -0.835. The molecule has 0 bridgehead atoms. The number of ether oxygens (including phenoxy) is 1. The van der Waals surface area contributed by atoms with Crippen molar-refractivity contribution in [2.75, 3.05) is 11.9 Å². The van der Waals surface area contributed by atoms with E-state index in [0.717, 1.165) is 6.07 Å². The Morgan fingerprint density at radius 1 is 1.17 bits per heavy atom. The molecule has 1 heterocycles. The summed E-state index contributed by atoms with van der Waals surface area (Å²) >= 11 is 0. The fourth-order valence-electron chi connectivity index (χ4n) is 1.41. The second kappa shape index (κ2) is 5.44. The molecule has 0 fully saturated rings. The van der Waals surface area contributed by atoms with Crippen molar-refractivity contribution < 1.29 is 13.5 Å². The summed E-state index contributed by atoms with van der Waals surface area (Å²) in [5.74, 6) is -1.41. The summed E-state index contributed by atoms with van der Waals surface area (Å²) in [6.45, 7) is 2.28. The Morgan fingerprint density at radius 3 is 2.56 bits per heavy atom. The first kappa shape index (κ1) is 12.3. The zero-order valence-corrected chi connectivity index (χ0v) is 9.78. The molecule has 0 amide bonds. The zero-order valence-electron chi connectivity index (χ0n) is 9.78. The van der Waals surface area contributed by atoms with Crippen LogP contribution in [0.5, 0.6) is 11.6 Å². The van der Waals surface area contributed by atoms with Crippen LogP contribution in [0.25, 0.3) is 0 Å². The third kappa shape index (κ3) is 2.74. The zero-order chi connectivity index (χ0) is 13.0. The molecule has 94 valence electrons. The molecular formula is C13H12F2N2O. The highest BCUT2D eigenvalue weighted by Crippen LogP contribution is 2.25. The normalized spacial score (nSPS) is 10.2. The van der Waals surface area contributed by atoms with Crippen molar-refractivity contribution in [3.63, 3.8) is 0 Å². The number of para-hydroxylation sites is 1. The molecule has 2 aromatic rings. The topological polar surface area (TPSA) is 34.2 Å².